The van der Waals surface area contributed by atoms with Crippen molar-refractivity contribution in [2.45, 2.75) is 12.8 Å². The number of nitrogens with one attached hydrogen (secondary N) is 3. The minimum absolute atomic E-state index is 0.0207. The lowest BCUT2D eigenvalue weighted by Crippen LogP contribution is -2.29. The molecular weight excluding hydrogens is 489 g/mol. The molecule has 3 heterocycles. The van der Waals surface area contributed by atoms with Crippen LogP contribution < -0.4 is 16.0 Å². The fourth-order valence-corrected chi connectivity index (χ4v) is 3.82. The number of carbonyl (C=O) groups is 2. The largest absolute Gasteiger partial charge is 0.369 e. The van der Waals surface area contributed by atoms with Crippen LogP contribution in [0.25, 0.3) is 22.2 Å². The van der Waals surface area contributed by atoms with E-state index in [4.69, 9.17) is 0 Å². The molecule has 0 saturated carbocycles. The number of likely N-dealkylation sites (N-methyl/N-ethyl adjacent to an activating group) is 1. The average Bonchev–Trinajstić information content (AvgIpc) is 2.94. The third-order valence-corrected chi connectivity index (χ3v) is 5.97. The quantitative estimate of drug-likeness (QED) is 0.306. The summed E-state index contributed by atoms with van der Waals surface area (Å²) in [4.78, 5) is 46.9. The summed E-state index contributed by atoms with van der Waals surface area (Å²) in [6.45, 7) is 2.61. The number of nitrogens with zero attached hydrogens (tertiary/aromatic N) is 6. The summed E-state index contributed by atoms with van der Waals surface area (Å²) < 4.78 is 14.4. The molecule has 1 unspecified atom stereocenters. The number of benzene rings is 1. The highest BCUT2D eigenvalue weighted by Crippen LogP contribution is 2.28. The molecule has 196 valence electrons. The van der Waals surface area contributed by atoms with Gasteiger partial charge in [-0.2, -0.15) is 0 Å². The number of carbonyl (C=O) groups excluding carboxylic acids is 2. The molecule has 0 saturated heterocycles. The third-order valence-electron chi connectivity index (χ3n) is 5.97. The Kier molecular flexibility index (Phi) is 8.00. The van der Waals surface area contributed by atoms with Crippen LogP contribution in [0, 0.1) is 5.82 Å². The lowest BCUT2D eigenvalue weighted by Gasteiger charge is -2.17. The summed E-state index contributed by atoms with van der Waals surface area (Å²) in [6.07, 6.45) is 5.77. The molecule has 38 heavy (non-hydrogen) atoms. The second-order valence-corrected chi connectivity index (χ2v) is 8.81. The molecule has 0 spiro atoms. The second kappa shape index (κ2) is 11.5. The Morgan fingerprint density at radius 1 is 1.03 bits per heavy atom. The van der Waals surface area contributed by atoms with Crippen molar-refractivity contribution >= 4 is 34.5 Å². The molecule has 11 nitrogen and oxygen atoms in total. The molecule has 0 radical (unpaired) electrons. The number of amides is 2. The molecular formula is C26H28FN9O2. The first-order chi connectivity index (χ1) is 18.3. The maximum atomic E-state index is 14.4. The van der Waals surface area contributed by atoms with Crippen molar-refractivity contribution in [3.8, 4) is 11.3 Å². The van der Waals surface area contributed by atoms with Crippen LogP contribution in [0.2, 0.25) is 0 Å². The smallest absolute Gasteiger partial charge is 0.254 e. The number of hydrogen-bond acceptors (Lipinski definition) is 9. The van der Waals surface area contributed by atoms with E-state index in [-0.39, 0.29) is 23.9 Å². The van der Waals surface area contributed by atoms with Crippen LogP contribution >= 0.6 is 0 Å². The fraction of sp³-hybridized carbons (Fsp3) is 0.269. The molecule has 0 aliphatic heterocycles. The van der Waals surface area contributed by atoms with Crippen molar-refractivity contribution in [3.05, 3.63) is 66.1 Å². The van der Waals surface area contributed by atoms with E-state index in [0.717, 1.165) is 11.8 Å². The predicted octanol–water partition coefficient (Wildman–Crippen LogP) is 2.70. The van der Waals surface area contributed by atoms with Gasteiger partial charge >= 0.3 is 0 Å². The van der Waals surface area contributed by atoms with Crippen molar-refractivity contribution in [1.82, 2.24) is 35.1 Å². The van der Waals surface area contributed by atoms with E-state index in [9.17, 15) is 14.0 Å². The zero-order valence-electron chi connectivity index (χ0n) is 21.5. The second-order valence-electron chi connectivity index (χ2n) is 8.81. The van der Waals surface area contributed by atoms with Crippen molar-refractivity contribution in [3.63, 3.8) is 0 Å². The van der Waals surface area contributed by atoms with E-state index in [1.807, 2.05) is 13.0 Å². The van der Waals surface area contributed by atoms with Gasteiger partial charge in [-0.05, 0) is 5.56 Å². The predicted molar refractivity (Wildman–Crippen MR) is 142 cm³/mol. The topological polar surface area (TPSA) is 138 Å². The van der Waals surface area contributed by atoms with E-state index >= 15 is 0 Å². The number of rotatable bonds is 9. The molecule has 4 rings (SSSR count). The van der Waals surface area contributed by atoms with E-state index < -0.39 is 11.7 Å². The summed E-state index contributed by atoms with van der Waals surface area (Å²) in [5.41, 5.74) is 2.74. The van der Waals surface area contributed by atoms with Crippen molar-refractivity contribution < 1.29 is 14.0 Å². The van der Waals surface area contributed by atoms with Crippen LogP contribution in [0.1, 0.15) is 28.8 Å². The number of pyridine rings is 1. The Balaban J connectivity index is 1.47. The minimum Gasteiger partial charge on any atom is -0.369 e. The highest BCUT2D eigenvalue weighted by atomic mass is 19.1. The summed E-state index contributed by atoms with van der Waals surface area (Å²) in [7, 11) is 4.82. The van der Waals surface area contributed by atoms with Gasteiger partial charge in [0.25, 0.3) is 5.91 Å². The first kappa shape index (κ1) is 26.3. The number of anilines is 2. The maximum absolute atomic E-state index is 14.4. The SMILES string of the molecule is CNC(=O)c1c(F)cnc2c(C(C)CNc3cc(-c4cnc(NCC(=O)N(C)C)nc4)ncn3)cccc12. The molecule has 0 aliphatic rings. The zero-order chi connectivity index (χ0) is 27.2. The number of para-hydroxylation sites is 1. The van der Waals surface area contributed by atoms with Gasteiger partial charge in [-0.3, -0.25) is 14.6 Å². The first-order valence-corrected chi connectivity index (χ1v) is 11.9. The molecule has 1 atom stereocenters. The van der Waals surface area contributed by atoms with E-state index in [2.05, 4.69) is 40.9 Å². The maximum Gasteiger partial charge on any atom is 0.254 e. The van der Waals surface area contributed by atoms with Crippen LogP contribution in [0.4, 0.5) is 16.2 Å². The molecule has 12 heteroatoms. The van der Waals surface area contributed by atoms with Crippen LogP contribution in [0.3, 0.4) is 0 Å². The highest BCUT2D eigenvalue weighted by Gasteiger charge is 2.19. The Morgan fingerprint density at radius 2 is 1.79 bits per heavy atom. The number of fused-ring (bicyclic) bond motifs is 1. The zero-order valence-corrected chi connectivity index (χ0v) is 21.5. The van der Waals surface area contributed by atoms with Gasteiger partial charge in [0, 0.05) is 63.0 Å². The summed E-state index contributed by atoms with van der Waals surface area (Å²) >= 11 is 0. The van der Waals surface area contributed by atoms with Crippen LogP contribution in [-0.2, 0) is 4.79 Å². The lowest BCUT2D eigenvalue weighted by atomic mass is 9.96. The normalized spacial score (nSPS) is 11.6. The Bertz CT molecular complexity index is 1460. The van der Waals surface area contributed by atoms with E-state index in [0.29, 0.717) is 40.5 Å². The average molecular weight is 518 g/mol. The summed E-state index contributed by atoms with van der Waals surface area (Å²) in [6, 6.07) is 7.19. The standard InChI is InChI=1S/C26H28FN9O2/c1-15(17-6-5-7-18-23(25(38)28-2)19(27)12-30-24(17)18)9-29-21-8-20(34-14-35-21)16-10-31-26(32-11-16)33-13-22(37)36(3)4/h5-8,10-12,14-15H,9,13H2,1-4H3,(H,28,38)(H,29,34,35)(H,31,32,33). The van der Waals surface area contributed by atoms with Gasteiger partial charge in [0.15, 0.2) is 5.82 Å². The Labute approximate surface area is 219 Å². The Hall–Kier alpha value is -4.74. The monoisotopic (exact) mass is 517 g/mol. The number of hydrogen-bond donors (Lipinski definition) is 3. The summed E-state index contributed by atoms with van der Waals surface area (Å²) in [5.74, 6) is -0.341. The molecule has 2 amide bonds. The minimum atomic E-state index is -0.664. The first-order valence-electron chi connectivity index (χ1n) is 11.9. The van der Waals surface area contributed by atoms with E-state index in [1.165, 1.54) is 18.3 Å². The van der Waals surface area contributed by atoms with Crippen molar-refractivity contribution in [2.75, 3.05) is 44.9 Å². The van der Waals surface area contributed by atoms with Gasteiger partial charge < -0.3 is 20.9 Å². The molecule has 1 aromatic carbocycles. The van der Waals surface area contributed by atoms with Gasteiger partial charge in [-0.1, -0.05) is 25.1 Å². The van der Waals surface area contributed by atoms with Gasteiger partial charge in [-0.25, -0.2) is 24.3 Å². The number of halogens is 1. The van der Waals surface area contributed by atoms with Crippen molar-refractivity contribution in [2.24, 2.45) is 0 Å². The van der Waals surface area contributed by atoms with E-state index in [1.54, 1.807) is 44.7 Å². The van der Waals surface area contributed by atoms with Crippen LogP contribution in [0.5, 0.6) is 0 Å². The van der Waals surface area contributed by atoms with Gasteiger partial charge in [0.2, 0.25) is 11.9 Å². The fourth-order valence-electron chi connectivity index (χ4n) is 3.82. The lowest BCUT2D eigenvalue weighted by molar-refractivity contribution is -0.126. The molecule has 3 N–H and O–H groups in total. The molecule has 3 aromatic heterocycles. The van der Waals surface area contributed by atoms with Crippen molar-refractivity contribution in [1.29, 1.82) is 0 Å². The third kappa shape index (κ3) is 5.80. The van der Waals surface area contributed by atoms with Crippen LogP contribution in [-0.4, -0.2) is 75.9 Å². The molecule has 4 aromatic rings. The van der Waals surface area contributed by atoms with Gasteiger partial charge in [0.05, 0.1) is 29.5 Å². The Morgan fingerprint density at radius 3 is 2.50 bits per heavy atom. The van der Waals surface area contributed by atoms with Crippen LogP contribution in [0.15, 0.2) is 49.2 Å². The summed E-state index contributed by atoms with van der Waals surface area (Å²) in [5, 5.41) is 9.14. The van der Waals surface area contributed by atoms with Gasteiger partial charge in [-0.15, -0.1) is 0 Å². The molecule has 0 bridgehead atoms. The molecule has 0 aliphatic carbocycles. The highest BCUT2D eigenvalue weighted by molar-refractivity contribution is 6.06. The number of aromatic nitrogens is 5. The van der Waals surface area contributed by atoms with Gasteiger partial charge in [0.1, 0.15) is 12.1 Å². The molecule has 0 fully saturated rings.